The van der Waals surface area contributed by atoms with Crippen molar-refractivity contribution >= 4 is 17.2 Å². The molecule has 106 valence electrons. The summed E-state index contributed by atoms with van der Waals surface area (Å²) in [7, 11) is 1.92. The molecule has 5 nitrogen and oxygen atoms in total. The highest BCUT2D eigenvalue weighted by Gasteiger charge is 2.14. The summed E-state index contributed by atoms with van der Waals surface area (Å²) >= 11 is 0. The van der Waals surface area contributed by atoms with Gasteiger partial charge in [0.2, 0.25) is 5.88 Å². The fourth-order valence-electron chi connectivity index (χ4n) is 1.84. The number of hydrogen-bond donors (Lipinski definition) is 1. The summed E-state index contributed by atoms with van der Waals surface area (Å²) in [5.41, 5.74) is 8.79. The van der Waals surface area contributed by atoms with Crippen LogP contribution in [0.4, 0.5) is 17.2 Å². The third-order valence-corrected chi connectivity index (χ3v) is 3.01. The van der Waals surface area contributed by atoms with E-state index in [2.05, 4.69) is 29.0 Å². The first kappa shape index (κ1) is 14.1. The lowest BCUT2D eigenvalue weighted by Crippen LogP contribution is -2.15. The minimum Gasteiger partial charge on any atom is -0.476 e. The summed E-state index contributed by atoms with van der Waals surface area (Å²) in [6.07, 6.45) is 2.38. The van der Waals surface area contributed by atoms with Gasteiger partial charge in [0.05, 0.1) is 6.61 Å². The molecule has 0 amide bonds. The minimum absolute atomic E-state index is 0.441. The Morgan fingerprint density at radius 1 is 1.20 bits per heavy atom. The Balaban J connectivity index is 2.29. The molecule has 0 spiro atoms. The maximum atomic E-state index is 6.10. The van der Waals surface area contributed by atoms with Crippen LogP contribution in [0.1, 0.15) is 18.9 Å². The fraction of sp³-hybridized carbons (Fsp3) is 0.333. The normalized spacial score (nSPS) is 10.3. The molecule has 0 bridgehead atoms. The second kappa shape index (κ2) is 6.23. The van der Waals surface area contributed by atoms with Gasteiger partial charge in [0.1, 0.15) is 12.0 Å². The first-order chi connectivity index (χ1) is 9.63. The monoisotopic (exact) mass is 272 g/mol. The van der Waals surface area contributed by atoms with Crippen LogP contribution in [0.3, 0.4) is 0 Å². The van der Waals surface area contributed by atoms with Gasteiger partial charge in [-0.15, -0.1) is 0 Å². The lowest BCUT2D eigenvalue weighted by Gasteiger charge is -2.20. The summed E-state index contributed by atoms with van der Waals surface area (Å²) in [4.78, 5) is 10.3. The zero-order chi connectivity index (χ0) is 14.5. The van der Waals surface area contributed by atoms with Crippen molar-refractivity contribution in [3.63, 3.8) is 0 Å². The van der Waals surface area contributed by atoms with Gasteiger partial charge in [-0.05, 0) is 25.5 Å². The van der Waals surface area contributed by atoms with E-state index in [1.54, 1.807) is 0 Å². The number of rotatable bonds is 5. The highest BCUT2D eigenvalue weighted by Crippen LogP contribution is 2.31. The molecule has 0 saturated carbocycles. The van der Waals surface area contributed by atoms with Gasteiger partial charge in [0.25, 0.3) is 0 Å². The number of nitrogens with two attached hydrogens (primary N) is 1. The van der Waals surface area contributed by atoms with E-state index >= 15 is 0 Å². The molecule has 0 radical (unpaired) electrons. The van der Waals surface area contributed by atoms with Crippen LogP contribution >= 0.6 is 0 Å². The van der Waals surface area contributed by atoms with Crippen LogP contribution in [0.25, 0.3) is 0 Å². The Kier molecular flexibility index (Phi) is 4.40. The fourth-order valence-corrected chi connectivity index (χ4v) is 1.84. The lowest BCUT2D eigenvalue weighted by molar-refractivity contribution is 0.306. The van der Waals surface area contributed by atoms with E-state index in [-0.39, 0.29) is 0 Å². The molecule has 0 aliphatic rings. The summed E-state index contributed by atoms with van der Waals surface area (Å²) < 4.78 is 5.53. The standard InChI is InChI=1S/C15H20N4O/c1-4-9-20-15-13(16)14(17-10-18-15)19(3)12-7-5-11(2)6-8-12/h5-8,10H,4,9,16H2,1-3H3. The van der Waals surface area contributed by atoms with Crippen LogP contribution in [0, 0.1) is 6.92 Å². The molecule has 5 heteroatoms. The topological polar surface area (TPSA) is 64.3 Å². The van der Waals surface area contributed by atoms with Crippen LogP contribution in [0.5, 0.6) is 5.88 Å². The molecule has 2 rings (SSSR count). The molecule has 0 atom stereocenters. The van der Waals surface area contributed by atoms with Crippen LogP contribution in [0.2, 0.25) is 0 Å². The molecule has 0 aliphatic carbocycles. The van der Waals surface area contributed by atoms with Crippen molar-refractivity contribution in [2.75, 3.05) is 24.3 Å². The Morgan fingerprint density at radius 3 is 2.55 bits per heavy atom. The van der Waals surface area contributed by atoms with E-state index in [1.807, 2.05) is 31.0 Å². The first-order valence-electron chi connectivity index (χ1n) is 6.67. The SMILES string of the molecule is CCCOc1ncnc(N(C)c2ccc(C)cc2)c1N. The molecule has 1 aromatic carbocycles. The third kappa shape index (κ3) is 2.99. The molecule has 0 saturated heterocycles. The molecule has 1 heterocycles. The quantitative estimate of drug-likeness (QED) is 0.906. The molecular formula is C15H20N4O. The predicted molar refractivity (Wildman–Crippen MR) is 81.5 cm³/mol. The highest BCUT2D eigenvalue weighted by molar-refractivity contribution is 5.73. The van der Waals surface area contributed by atoms with E-state index in [1.165, 1.54) is 11.9 Å². The minimum atomic E-state index is 0.441. The number of aryl methyl sites for hydroxylation is 1. The van der Waals surface area contributed by atoms with Gasteiger partial charge in [-0.25, -0.2) is 4.98 Å². The Bertz CT molecular complexity index is 569. The third-order valence-electron chi connectivity index (χ3n) is 3.01. The molecule has 0 unspecified atom stereocenters. The number of nitrogen functional groups attached to an aromatic ring is 1. The summed E-state index contributed by atoms with van der Waals surface area (Å²) in [6, 6.07) is 8.17. The van der Waals surface area contributed by atoms with E-state index < -0.39 is 0 Å². The molecule has 2 N–H and O–H groups in total. The van der Waals surface area contributed by atoms with E-state index in [9.17, 15) is 0 Å². The number of nitrogens with zero attached hydrogens (tertiary/aromatic N) is 3. The predicted octanol–water partition coefficient (Wildman–Crippen LogP) is 2.92. The van der Waals surface area contributed by atoms with Crippen LogP contribution in [0.15, 0.2) is 30.6 Å². The number of ether oxygens (including phenoxy) is 1. The van der Waals surface area contributed by atoms with Gasteiger partial charge in [-0.1, -0.05) is 24.6 Å². The average molecular weight is 272 g/mol. The van der Waals surface area contributed by atoms with E-state index in [4.69, 9.17) is 10.5 Å². The van der Waals surface area contributed by atoms with E-state index in [0.29, 0.717) is 24.0 Å². The van der Waals surface area contributed by atoms with Crippen molar-refractivity contribution in [1.82, 2.24) is 9.97 Å². The van der Waals surface area contributed by atoms with Crippen molar-refractivity contribution < 1.29 is 4.74 Å². The van der Waals surface area contributed by atoms with Gasteiger partial charge in [-0.3, -0.25) is 0 Å². The van der Waals surface area contributed by atoms with E-state index in [0.717, 1.165) is 12.1 Å². The smallest absolute Gasteiger partial charge is 0.242 e. The molecule has 1 aromatic heterocycles. The molecule has 2 aromatic rings. The van der Waals surface area contributed by atoms with Gasteiger partial charge in [0.15, 0.2) is 5.82 Å². The summed E-state index contributed by atoms with van der Waals surface area (Å²) in [5, 5.41) is 0. The van der Waals surface area contributed by atoms with Crippen LogP contribution in [-0.4, -0.2) is 23.6 Å². The summed E-state index contributed by atoms with van der Waals surface area (Å²) in [6.45, 7) is 4.69. The number of anilines is 3. The van der Waals surface area contributed by atoms with Crippen molar-refractivity contribution in [2.24, 2.45) is 0 Å². The maximum Gasteiger partial charge on any atom is 0.242 e. The number of aromatic nitrogens is 2. The number of benzene rings is 1. The summed E-state index contributed by atoms with van der Waals surface area (Å²) in [5.74, 6) is 1.09. The molecule has 20 heavy (non-hydrogen) atoms. The zero-order valence-electron chi connectivity index (χ0n) is 12.1. The average Bonchev–Trinajstić information content (AvgIpc) is 2.46. The first-order valence-corrected chi connectivity index (χ1v) is 6.67. The van der Waals surface area contributed by atoms with Crippen molar-refractivity contribution in [1.29, 1.82) is 0 Å². The second-order valence-electron chi connectivity index (χ2n) is 4.66. The van der Waals surface area contributed by atoms with Gasteiger partial charge < -0.3 is 15.4 Å². The molecular weight excluding hydrogens is 252 g/mol. The molecule has 0 fully saturated rings. The van der Waals surface area contributed by atoms with Gasteiger partial charge in [-0.2, -0.15) is 4.98 Å². The number of hydrogen-bond acceptors (Lipinski definition) is 5. The second-order valence-corrected chi connectivity index (χ2v) is 4.66. The Morgan fingerprint density at radius 2 is 1.90 bits per heavy atom. The largest absolute Gasteiger partial charge is 0.476 e. The Labute approximate surface area is 119 Å². The van der Waals surface area contributed by atoms with Crippen molar-refractivity contribution in [2.45, 2.75) is 20.3 Å². The van der Waals surface area contributed by atoms with Crippen molar-refractivity contribution in [3.8, 4) is 5.88 Å². The lowest BCUT2D eigenvalue weighted by atomic mass is 10.2. The van der Waals surface area contributed by atoms with Gasteiger partial charge in [0, 0.05) is 12.7 Å². The van der Waals surface area contributed by atoms with Crippen LogP contribution in [-0.2, 0) is 0 Å². The highest BCUT2D eigenvalue weighted by atomic mass is 16.5. The maximum absolute atomic E-state index is 6.10. The van der Waals surface area contributed by atoms with Crippen molar-refractivity contribution in [3.05, 3.63) is 36.2 Å². The van der Waals surface area contributed by atoms with Crippen LogP contribution < -0.4 is 15.4 Å². The Hall–Kier alpha value is -2.30. The molecule has 0 aliphatic heterocycles. The van der Waals surface area contributed by atoms with Gasteiger partial charge >= 0.3 is 0 Å². The zero-order valence-corrected chi connectivity index (χ0v) is 12.1.